The predicted octanol–water partition coefficient (Wildman–Crippen LogP) is 4.09. The molecule has 0 aromatic carbocycles. The summed E-state index contributed by atoms with van der Waals surface area (Å²) >= 11 is 1.76. The molecule has 2 atom stereocenters. The quantitative estimate of drug-likeness (QED) is 0.797. The van der Waals surface area contributed by atoms with Crippen LogP contribution in [0.5, 0.6) is 0 Å². The number of amides is 1. The number of hydrogen-bond acceptors (Lipinski definition) is 4. The van der Waals surface area contributed by atoms with E-state index in [1.807, 2.05) is 20.8 Å². The maximum absolute atomic E-state index is 11.8. The second-order valence-electron chi connectivity index (χ2n) is 6.14. The third-order valence-corrected chi connectivity index (χ3v) is 4.11. The van der Waals surface area contributed by atoms with Crippen LogP contribution in [0.2, 0.25) is 0 Å². The first-order valence-corrected chi connectivity index (χ1v) is 8.50. The van der Waals surface area contributed by atoms with Crippen LogP contribution >= 0.6 is 11.3 Å². The highest BCUT2D eigenvalue weighted by Gasteiger charge is 2.19. The minimum absolute atomic E-state index is 0.0777. The van der Waals surface area contributed by atoms with Gasteiger partial charge in [-0.15, -0.1) is 11.3 Å². The van der Waals surface area contributed by atoms with Gasteiger partial charge in [0.05, 0.1) is 0 Å². The van der Waals surface area contributed by atoms with Gasteiger partial charge in [-0.25, -0.2) is 4.79 Å². The third kappa shape index (κ3) is 6.96. The molecule has 1 amide bonds. The van der Waals surface area contributed by atoms with Crippen molar-refractivity contribution < 1.29 is 9.53 Å². The molecule has 0 bridgehead atoms. The third-order valence-electron chi connectivity index (χ3n) is 3.12. The number of ether oxygens (including phenoxy) is 1. The Labute approximate surface area is 132 Å². The molecule has 1 rings (SSSR count). The number of hydrogen-bond donors (Lipinski definition) is 2. The normalized spacial score (nSPS) is 14.5. The summed E-state index contributed by atoms with van der Waals surface area (Å²) in [4.78, 5) is 13.1. The zero-order valence-electron chi connectivity index (χ0n) is 13.7. The fourth-order valence-corrected chi connectivity index (χ4v) is 2.88. The molecule has 0 fully saturated rings. The van der Waals surface area contributed by atoms with Gasteiger partial charge in [-0.1, -0.05) is 19.9 Å². The summed E-state index contributed by atoms with van der Waals surface area (Å²) in [6.45, 7) is 10.6. The van der Waals surface area contributed by atoms with Crippen LogP contribution in [-0.4, -0.2) is 24.3 Å². The first kappa shape index (κ1) is 18.0. The zero-order chi connectivity index (χ0) is 15.9. The second kappa shape index (κ2) is 8.39. The summed E-state index contributed by atoms with van der Waals surface area (Å²) in [5, 5.41) is 8.55. The molecule has 2 N–H and O–H groups in total. The van der Waals surface area contributed by atoms with Crippen molar-refractivity contribution in [2.24, 2.45) is 0 Å². The largest absolute Gasteiger partial charge is 0.444 e. The van der Waals surface area contributed by atoms with Crippen LogP contribution in [0.3, 0.4) is 0 Å². The van der Waals surface area contributed by atoms with E-state index < -0.39 is 5.60 Å². The van der Waals surface area contributed by atoms with Crippen molar-refractivity contribution in [1.82, 2.24) is 10.6 Å². The average Bonchev–Trinajstić information content (AvgIpc) is 2.89. The lowest BCUT2D eigenvalue weighted by atomic mass is 10.1. The zero-order valence-corrected chi connectivity index (χ0v) is 14.5. The minimum atomic E-state index is -0.460. The number of carbonyl (C=O) groups is 1. The van der Waals surface area contributed by atoms with E-state index >= 15 is 0 Å². The first-order chi connectivity index (χ1) is 9.85. The Bertz CT molecular complexity index is 412. The standard InChI is InChI=1S/C16H28N2O2S/c1-6-12(18-15(19)20-16(3,4)5)11-17-13(7-2)14-9-8-10-21-14/h8-10,12-13,17H,6-7,11H2,1-5H3,(H,18,19). The molecule has 0 spiro atoms. The van der Waals surface area contributed by atoms with E-state index in [9.17, 15) is 4.79 Å². The van der Waals surface area contributed by atoms with Crippen LogP contribution in [0.25, 0.3) is 0 Å². The summed E-state index contributed by atoms with van der Waals surface area (Å²) in [7, 11) is 0. The monoisotopic (exact) mass is 312 g/mol. The Hall–Kier alpha value is -1.07. The van der Waals surface area contributed by atoms with Crippen molar-refractivity contribution in [3.05, 3.63) is 22.4 Å². The molecule has 0 aliphatic rings. The van der Waals surface area contributed by atoms with E-state index in [4.69, 9.17) is 4.74 Å². The Kier molecular flexibility index (Phi) is 7.18. The molecule has 1 aromatic heterocycles. The predicted molar refractivity (Wildman–Crippen MR) is 88.8 cm³/mol. The number of thiophene rings is 1. The van der Waals surface area contributed by atoms with E-state index in [1.165, 1.54) is 4.88 Å². The molecule has 0 radical (unpaired) electrons. The van der Waals surface area contributed by atoms with Crippen LogP contribution in [0, 0.1) is 0 Å². The summed E-state index contributed by atoms with van der Waals surface area (Å²) in [6, 6.07) is 4.64. The molecule has 1 aromatic rings. The molecule has 0 aliphatic heterocycles. The maximum atomic E-state index is 11.8. The molecule has 0 saturated heterocycles. The molecule has 0 aliphatic carbocycles. The van der Waals surface area contributed by atoms with E-state index in [1.54, 1.807) is 11.3 Å². The summed E-state index contributed by atoms with van der Waals surface area (Å²) in [6.07, 6.45) is 1.55. The molecule has 120 valence electrons. The minimum Gasteiger partial charge on any atom is -0.444 e. The molecular formula is C16H28N2O2S. The van der Waals surface area contributed by atoms with Crippen molar-refractivity contribution in [2.75, 3.05) is 6.54 Å². The van der Waals surface area contributed by atoms with Crippen molar-refractivity contribution in [3.63, 3.8) is 0 Å². The Morgan fingerprint density at radius 2 is 2.05 bits per heavy atom. The fraction of sp³-hybridized carbons (Fsp3) is 0.688. The van der Waals surface area contributed by atoms with Crippen LogP contribution in [0.15, 0.2) is 17.5 Å². The van der Waals surface area contributed by atoms with Crippen LogP contribution in [-0.2, 0) is 4.74 Å². The lowest BCUT2D eigenvalue weighted by Crippen LogP contribution is -2.44. The molecule has 21 heavy (non-hydrogen) atoms. The molecule has 0 saturated carbocycles. The van der Waals surface area contributed by atoms with Gasteiger partial charge in [0.25, 0.3) is 0 Å². The first-order valence-electron chi connectivity index (χ1n) is 7.62. The number of nitrogens with one attached hydrogen (secondary N) is 2. The average molecular weight is 312 g/mol. The van der Waals surface area contributed by atoms with Gasteiger partial charge < -0.3 is 15.4 Å². The van der Waals surface area contributed by atoms with Gasteiger partial charge in [-0.3, -0.25) is 0 Å². The van der Waals surface area contributed by atoms with Gasteiger partial charge in [0, 0.05) is 23.5 Å². The maximum Gasteiger partial charge on any atom is 0.407 e. The van der Waals surface area contributed by atoms with Crippen molar-refractivity contribution >= 4 is 17.4 Å². The number of alkyl carbamates (subject to hydrolysis) is 1. The van der Waals surface area contributed by atoms with Crippen LogP contribution < -0.4 is 10.6 Å². The van der Waals surface area contributed by atoms with Gasteiger partial charge in [0.1, 0.15) is 5.60 Å². The second-order valence-corrected chi connectivity index (χ2v) is 7.12. The Morgan fingerprint density at radius 3 is 2.52 bits per heavy atom. The van der Waals surface area contributed by atoms with E-state index in [2.05, 4.69) is 42.0 Å². The smallest absolute Gasteiger partial charge is 0.407 e. The van der Waals surface area contributed by atoms with E-state index in [0.717, 1.165) is 19.4 Å². The van der Waals surface area contributed by atoms with Crippen LogP contribution in [0.1, 0.15) is 58.4 Å². The highest BCUT2D eigenvalue weighted by Crippen LogP contribution is 2.21. The van der Waals surface area contributed by atoms with Crippen molar-refractivity contribution in [3.8, 4) is 0 Å². The lowest BCUT2D eigenvalue weighted by molar-refractivity contribution is 0.0502. The molecule has 4 nitrogen and oxygen atoms in total. The fourth-order valence-electron chi connectivity index (χ4n) is 1.99. The van der Waals surface area contributed by atoms with Gasteiger partial charge >= 0.3 is 6.09 Å². The van der Waals surface area contributed by atoms with Crippen molar-refractivity contribution in [2.45, 2.75) is 65.1 Å². The molecule has 1 heterocycles. The Morgan fingerprint density at radius 1 is 1.33 bits per heavy atom. The number of carbonyl (C=O) groups excluding carboxylic acids is 1. The molecule has 5 heteroatoms. The SMILES string of the molecule is CCC(CNC(CC)c1cccs1)NC(=O)OC(C)(C)C. The lowest BCUT2D eigenvalue weighted by Gasteiger charge is -2.24. The Balaban J connectivity index is 2.45. The highest BCUT2D eigenvalue weighted by atomic mass is 32.1. The summed E-state index contributed by atoms with van der Waals surface area (Å²) < 4.78 is 5.30. The summed E-state index contributed by atoms with van der Waals surface area (Å²) in [5.74, 6) is 0. The molecule has 2 unspecified atom stereocenters. The van der Waals surface area contributed by atoms with E-state index in [0.29, 0.717) is 6.04 Å². The van der Waals surface area contributed by atoms with Crippen LogP contribution in [0.4, 0.5) is 4.79 Å². The number of rotatable bonds is 7. The van der Waals surface area contributed by atoms with Crippen molar-refractivity contribution in [1.29, 1.82) is 0 Å². The summed E-state index contributed by atoms with van der Waals surface area (Å²) in [5.41, 5.74) is -0.460. The highest BCUT2D eigenvalue weighted by molar-refractivity contribution is 7.10. The van der Waals surface area contributed by atoms with Gasteiger partial charge in [0.15, 0.2) is 0 Å². The van der Waals surface area contributed by atoms with Gasteiger partial charge in [-0.05, 0) is 45.1 Å². The van der Waals surface area contributed by atoms with Gasteiger partial charge in [0.2, 0.25) is 0 Å². The topological polar surface area (TPSA) is 50.4 Å². The molecular weight excluding hydrogens is 284 g/mol. The van der Waals surface area contributed by atoms with Gasteiger partial charge in [-0.2, -0.15) is 0 Å². The van der Waals surface area contributed by atoms with E-state index in [-0.39, 0.29) is 12.1 Å².